The SMILES string of the molecule is N=C1C=C(C(=O)c2ccc(F)cc2)C=CC1F. The molecule has 4 heteroatoms. The van der Waals surface area contributed by atoms with Crippen LogP contribution in [0.4, 0.5) is 8.78 Å². The first-order chi connectivity index (χ1) is 8.08. The highest BCUT2D eigenvalue weighted by atomic mass is 19.1. The van der Waals surface area contributed by atoms with Crippen LogP contribution in [0.1, 0.15) is 10.4 Å². The molecule has 17 heavy (non-hydrogen) atoms. The molecule has 2 nitrogen and oxygen atoms in total. The average Bonchev–Trinajstić information content (AvgIpc) is 2.33. The van der Waals surface area contributed by atoms with Crippen molar-refractivity contribution in [2.75, 3.05) is 0 Å². The van der Waals surface area contributed by atoms with Crippen LogP contribution in [0.15, 0.2) is 48.1 Å². The number of alkyl halides is 1. The molecule has 2 rings (SSSR count). The molecule has 1 aliphatic rings. The van der Waals surface area contributed by atoms with E-state index >= 15 is 0 Å². The van der Waals surface area contributed by atoms with Gasteiger partial charge in [0.1, 0.15) is 5.82 Å². The van der Waals surface area contributed by atoms with Gasteiger partial charge in [-0.3, -0.25) is 4.79 Å². The van der Waals surface area contributed by atoms with Crippen molar-refractivity contribution in [1.82, 2.24) is 0 Å². The van der Waals surface area contributed by atoms with Gasteiger partial charge >= 0.3 is 0 Å². The van der Waals surface area contributed by atoms with Gasteiger partial charge in [-0.1, -0.05) is 6.08 Å². The molecule has 0 spiro atoms. The Bertz CT molecular complexity index is 529. The Hall–Kier alpha value is -2.10. The van der Waals surface area contributed by atoms with Crippen molar-refractivity contribution in [3.8, 4) is 0 Å². The molecule has 0 aromatic heterocycles. The summed E-state index contributed by atoms with van der Waals surface area (Å²) in [4.78, 5) is 11.9. The number of ketones is 1. The number of hydrogen-bond acceptors (Lipinski definition) is 2. The number of benzene rings is 1. The third-order valence-corrected chi connectivity index (χ3v) is 2.42. The highest BCUT2D eigenvalue weighted by Gasteiger charge is 2.18. The van der Waals surface area contributed by atoms with E-state index in [0.717, 1.165) is 6.08 Å². The lowest BCUT2D eigenvalue weighted by Crippen LogP contribution is -2.16. The van der Waals surface area contributed by atoms with Crippen LogP contribution in [-0.2, 0) is 0 Å². The minimum absolute atomic E-state index is 0.232. The van der Waals surface area contributed by atoms with Gasteiger partial charge in [-0.15, -0.1) is 0 Å². The molecule has 1 unspecified atom stereocenters. The molecule has 1 N–H and O–H groups in total. The lowest BCUT2D eigenvalue weighted by atomic mass is 9.97. The van der Waals surface area contributed by atoms with E-state index in [1.165, 1.54) is 36.4 Å². The second-order valence-corrected chi connectivity index (χ2v) is 3.65. The summed E-state index contributed by atoms with van der Waals surface area (Å²) in [7, 11) is 0. The largest absolute Gasteiger partial charge is 0.302 e. The third kappa shape index (κ3) is 2.36. The fourth-order valence-corrected chi connectivity index (χ4v) is 1.50. The molecular weight excluding hydrogens is 224 g/mol. The maximum absolute atomic E-state index is 13.0. The molecule has 0 fully saturated rings. The smallest absolute Gasteiger partial charge is 0.193 e. The molecule has 0 bridgehead atoms. The van der Waals surface area contributed by atoms with Crippen molar-refractivity contribution in [3.63, 3.8) is 0 Å². The molecule has 0 saturated carbocycles. The number of nitrogens with one attached hydrogen (secondary N) is 1. The Kier molecular flexibility index (Phi) is 2.95. The van der Waals surface area contributed by atoms with E-state index in [1.807, 2.05) is 0 Å². The molecule has 86 valence electrons. The van der Waals surface area contributed by atoms with E-state index in [2.05, 4.69) is 0 Å². The summed E-state index contributed by atoms with van der Waals surface area (Å²) in [6.07, 6.45) is 2.23. The van der Waals surface area contributed by atoms with Crippen molar-refractivity contribution in [3.05, 3.63) is 59.4 Å². The molecule has 1 aromatic carbocycles. The van der Waals surface area contributed by atoms with Crippen molar-refractivity contribution in [2.45, 2.75) is 6.17 Å². The van der Waals surface area contributed by atoms with Gasteiger partial charge in [-0.25, -0.2) is 8.78 Å². The van der Waals surface area contributed by atoms with Crippen LogP contribution in [0, 0.1) is 11.2 Å². The molecule has 0 radical (unpaired) electrons. The van der Waals surface area contributed by atoms with E-state index in [4.69, 9.17) is 5.41 Å². The van der Waals surface area contributed by atoms with Crippen molar-refractivity contribution in [2.24, 2.45) is 0 Å². The quantitative estimate of drug-likeness (QED) is 0.784. The van der Waals surface area contributed by atoms with Crippen LogP contribution < -0.4 is 0 Å². The fourth-order valence-electron chi connectivity index (χ4n) is 1.50. The van der Waals surface area contributed by atoms with Crippen LogP contribution >= 0.6 is 0 Å². The summed E-state index contributed by atoms with van der Waals surface area (Å²) >= 11 is 0. The Morgan fingerprint density at radius 3 is 2.47 bits per heavy atom. The standard InChI is InChI=1S/C13H9F2NO/c14-10-4-1-8(2-5-10)13(17)9-3-6-11(15)12(16)7-9/h1-7,11,16H. The zero-order valence-corrected chi connectivity index (χ0v) is 8.78. The molecule has 1 atom stereocenters. The summed E-state index contributed by atoms with van der Waals surface area (Å²) in [6.45, 7) is 0. The summed E-state index contributed by atoms with van der Waals surface area (Å²) < 4.78 is 25.6. The number of carbonyl (C=O) groups is 1. The summed E-state index contributed by atoms with van der Waals surface area (Å²) in [5.41, 5.74) is 0.292. The molecule has 0 aliphatic heterocycles. The number of carbonyl (C=O) groups excluding carboxylic acids is 1. The molecule has 0 amide bonds. The van der Waals surface area contributed by atoms with Gasteiger partial charge in [0.2, 0.25) is 0 Å². The summed E-state index contributed by atoms with van der Waals surface area (Å²) in [5, 5.41) is 7.30. The third-order valence-electron chi connectivity index (χ3n) is 2.42. The topological polar surface area (TPSA) is 40.9 Å². The molecular formula is C13H9F2NO. The second-order valence-electron chi connectivity index (χ2n) is 3.65. The van der Waals surface area contributed by atoms with E-state index in [1.54, 1.807) is 0 Å². The van der Waals surface area contributed by atoms with Gasteiger partial charge in [0, 0.05) is 11.1 Å². The Morgan fingerprint density at radius 2 is 1.88 bits per heavy atom. The lowest BCUT2D eigenvalue weighted by Gasteiger charge is -2.10. The van der Waals surface area contributed by atoms with E-state index < -0.39 is 12.0 Å². The van der Waals surface area contributed by atoms with Gasteiger partial charge in [0.25, 0.3) is 0 Å². The van der Waals surface area contributed by atoms with Crippen LogP contribution in [0.5, 0.6) is 0 Å². The minimum atomic E-state index is -1.46. The van der Waals surface area contributed by atoms with E-state index in [-0.39, 0.29) is 17.1 Å². The highest BCUT2D eigenvalue weighted by molar-refractivity contribution is 6.16. The number of allylic oxidation sites excluding steroid dienone is 4. The maximum Gasteiger partial charge on any atom is 0.193 e. The second kappa shape index (κ2) is 4.41. The van der Waals surface area contributed by atoms with Crippen molar-refractivity contribution < 1.29 is 13.6 Å². The van der Waals surface area contributed by atoms with Gasteiger partial charge in [0.05, 0.1) is 5.71 Å². The first-order valence-corrected chi connectivity index (χ1v) is 5.00. The van der Waals surface area contributed by atoms with Crippen LogP contribution in [0.3, 0.4) is 0 Å². The zero-order valence-electron chi connectivity index (χ0n) is 8.78. The number of halogens is 2. The Balaban J connectivity index is 2.27. The van der Waals surface area contributed by atoms with Crippen LogP contribution in [-0.4, -0.2) is 17.7 Å². The molecule has 0 heterocycles. The van der Waals surface area contributed by atoms with E-state index in [9.17, 15) is 13.6 Å². The first-order valence-electron chi connectivity index (χ1n) is 5.00. The van der Waals surface area contributed by atoms with Gasteiger partial charge < -0.3 is 5.41 Å². The van der Waals surface area contributed by atoms with Gasteiger partial charge in [0.15, 0.2) is 12.0 Å². The summed E-state index contributed by atoms with van der Waals surface area (Å²) in [6, 6.07) is 5.09. The van der Waals surface area contributed by atoms with Gasteiger partial charge in [-0.2, -0.15) is 0 Å². The minimum Gasteiger partial charge on any atom is -0.302 e. The molecule has 1 aromatic rings. The number of rotatable bonds is 2. The first kappa shape index (κ1) is 11.4. The van der Waals surface area contributed by atoms with E-state index in [0.29, 0.717) is 5.56 Å². The Morgan fingerprint density at radius 1 is 1.24 bits per heavy atom. The average molecular weight is 233 g/mol. The maximum atomic E-state index is 13.0. The predicted octanol–water partition coefficient (Wildman–Crippen LogP) is 2.86. The lowest BCUT2D eigenvalue weighted by molar-refractivity contribution is 0.103. The van der Waals surface area contributed by atoms with Crippen molar-refractivity contribution >= 4 is 11.5 Å². The molecule has 1 aliphatic carbocycles. The number of Topliss-reactive ketones (excluding diaryl/α,β-unsaturated/α-hetero) is 1. The normalized spacial score (nSPS) is 19.1. The Labute approximate surface area is 96.8 Å². The predicted molar refractivity (Wildman–Crippen MR) is 60.6 cm³/mol. The van der Waals surface area contributed by atoms with Crippen LogP contribution in [0.2, 0.25) is 0 Å². The van der Waals surface area contributed by atoms with Crippen LogP contribution in [0.25, 0.3) is 0 Å². The number of hydrogen-bond donors (Lipinski definition) is 1. The monoisotopic (exact) mass is 233 g/mol. The fraction of sp³-hybridized carbons (Fsp3) is 0.0769. The zero-order chi connectivity index (χ0) is 12.4. The van der Waals surface area contributed by atoms with Crippen molar-refractivity contribution in [1.29, 1.82) is 5.41 Å². The molecule has 0 saturated heterocycles. The highest BCUT2D eigenvalue weighted by Crippen LogP contribution is 2.16. The van der Waals surface area contributed by atoms with Gasteiger partial charge in [-0.05, 0) is 36.4 Å². The summed E-state index contributed by atoms with van der Waals surface area (Å²) in [5.74, 6) is -0.774.